The van der Waals surface area contributed by atoms with E-state index in [2.05, 4.69) is 21.2 Å². The Kier molecular flexibility index (Phi) is 7.12. The molecule has 0 radical (unpaired) electrons. The van der Waals surface area contributed by atoms with Crippen LogP contribution in [0.4, 0.5) is 0 Å². The molecule has 0 aliphatic heterocycles. The van der Waals surface area contributed by atoms with Crippen molar-refractivity contribution in [3.63, 3.8) is 0 Å². The SMILES string of the molecule is O=C(CCCBr)NC=C(Cl)Cl. The molecule has 2 nitrogen and oxygen atoms in total. The van der Waals surface area contributed by atoms with Crippen LogP contribution in [0.5, 0.6) is 0 Å². The Morgan fingerprint density at radius 3 is 2.64 bits per heavy atom. The molecule has 64 valence electrons. The minimum absolute atomic E-state index is 0.0530. The van der Waals surface area contributed by atoms with Crippen LogP contribution in [0.3, 0.4) is 0 Å². The van der Waals surface area contributed by atoms with Crippen molar-refractivity contribution in [3.05, 3.63) is 10.7 Å². The summed E-state index contributed by atoms with van der Waals surface area (Å²) in [7, 11) is 0. The molecule has 0 aliphatic rings. The number of nitrogens with one attached hydrogen (secondary N) is 1. The molecule has 0 unspecified atom stereocenters. The molecule has 0 saturated heterocycles. The summed E-state index contributed by atoms with van der Waals surface area (Å²) in [6, 6.07) is 0. The summed E-state index contributed by atoms with van der Waals surface area (Å²) in [5, 5.41) is 3.25. The third kappa shape index (κ3) is 8.17. The molecule has 0 bridgehead atoms. The van der Waals surface area contributed by atoms with Crippen molar-refractivity contribution in [3.8, 4) is 0 Å². The van der Waals surface area contributed by atoms with Crippen LogP contribution in [0.2, 0.25) is 0 Å². The van der Waals surface area contributed by atoms with Crippen LogP contribution >= 0.6 is 39.1 Å². The number of halogens is 3. The molecule has 0 atom stereocenters. The fraction of sp³-hybridized carbons (Fsp3) is 0.500. The van der Waals surface area contributed by atoms with Gasteiger partial charge >= 0.3 is 0 Å². The van der Waals surface area contributed by atoms with Crippen LogP contribution in [0, 0.1) is 0 Å². The van der Waals surface area contributed by atoms with Crippen molar-refractivity contribution < 1.29 is 4.79 Å². The van der Waals surface area contributed by atoms with Crippen molar-refractivity contribution in [1.82, 2.24) is 5.32 Å². The Morgan fingerprint density at radius 1 is 1.55 bits per heavy atom. The smallest absolute Gasteiger partial charge is 0.224 e. The first-order chi connectivity index (χ1) is 5.16. The van der Waals surface area contributed by atoms with Gasteiger partial charge in [-0.2, -0.15) is 0 Å². The van der Waals surface area contributed by atoms with E-state index in [1.165, 1.54) is 6.20 Å². The maximum absolute atomic E-state index is 10.8. The van der Waals surface area contributed by atoms with E-state index in [9.17, 15) is 4.79 Å². The third-order valence-corrected chi connectivity index (χ3v) is 1.66. The molecule has 0 aliphatic carbocycles. The Morgan fingerprint density at radius 2 is 2.18 bits per heavy atom. The number of hydrogen-bond donors (Lipinski definition) is 1. The van der Waals surface area contributed by atoms with Crippen LogP contribution in [0.1, 0.15) is 12.8 Å². The Bertz CT molecular complexity index is 157. The van der Waals surface area contributed by atoms with Crippen LogP contribution in [0.25, 0.3) is 0 Å². The van der Waals surface area contributed by atoms with Crippen molar-refractivity contribution in [2.24, 2.45) is 0 Å². The fourth-order valence-corrected chi connectivity index (χ4v) is 0.824. The van der Waals surface area contributed by atoms with Gasteiger partial charge in [-0.15, -0.1) is 0 Å². The maximum atomic E-state index is 10.8. The quantitative estimate of drug-likeness (QED) is 0.774. The highest BCUT2D eigenvalue weighted by Gasteiger charge is 1.96. The lowest BCUT2D eigenvalue weighted by Gasteiger charge is -1.96. The zero-order chi connectivity index (χ0) is 8.69. The Labute approximate surface area is 84.1 Å². The highest BCUT2D eigenvalue weighted by molar-refractivity contribution is 9.09. The molecule has 1 N–H and O–H groups in total. The Balaban J connectivity index is 3.45. The predicted octanol–water partition coefficient (Wildman–Crippen LogP) is 2.55. The summed E-state index contributed by atoms with van der Waals surface area (Å²) in [4.78, 5) is 10.8. The van der Waals surface area contributed by atoms with E-state index in [0.717, 1.165) is 11.8 Å². The number of carbonyl (C=O) groups is 1. The van der Waals surface area contributed by atoms with Crippen LogP contribution in [-0.2, 0) is 4.79 Å². The molecule has 0 fully saturated rings. The van der Waals surface area contributed by atoms with Gasteiger partial charge in [-0.25, -0.2) is 0 Å². The molecule has 0 aromatic heterocycles. The summed E-state index contributed by atoms with van der Waals surface area (Å²) >= 11 is 13.7. The van der Waals surface area contributed by atoms with Gasteiger partial charge in [0.05, 0.1) is 0 Å². The van der Waals surface area contributed by atoms with Gasteiger partial charge < -0.3 is 5.32 Å². The van der Waals surface area contributed by atoms with Gasteiger partial charge in [-0.1, -0.05) is 39.1 Å². The molecule has 5 heteroatoms. The maximum Gasteiger partial charge on any atom is 0.224 e. The lowest BCUT2D eigenvalue weighted by molar-refractivity contribution is -0.120. The van der Waals surface area contributed by atoms with E-state index in [1.807, 2.05) is 0 Å². The number of carbonyl (C=O) groups excluding carboxylic acids is 1. The third-order valence-electron chi connectivity index (χ3n) is 0.880. The number of amides is 1. The fourth-order valence-electron chi connectivity index (χ4n) is 0.435. The van der Waals surface area contributed by atoms with Crippen LogP contribution in [-0.4, -0.2) is 11.2 Å². The second-order valence-corrected chi connectivity index (χ2v) is 3.59. The van der Waals surface area contributed by atoms with Crippen molar-refractivity contribution in [2.75, 3.05) is 5.33 Å². The summed E-state index contributed by atoms with van der Waals surface area (Å²) in [5.41, 5.74) is 0. The predicted molar refractivity (Wildman–Crippen MR) is 51.0 cm³/mol. The first-order valence-electron chi connectivity index (χ1n) is 3.03. The number of rotatable bonds is 4. The summed E-state index contributed by atoms with van der Waals surface area (Å²) in [6.45, 7) is 0. The van der Waals surface area contributed by atoms with E-state index < -0.39 is 0 Å². The minimum atomic E-state index is -0.0803. The van der Waals surface area contributed by atoms with Gasteiger partial charge in [0.25, 0.3) is 0 Å². The van der Waals surface area contributed by atoms with E-state index >= 15 is 0 Å². The lowest BCUT2D eigenvalue weighted by Crippen LogP contribution is -2.16. The molecule has 0 saturated carbocycles. The molecule has 0 aromatic carbocycles. The number of alkyl halides is 1. The molecule has 11 heavy (non-hydrogen) atoms. The minimum Gasteiger partial charge on any atom is -0.330 e. The molecule has 0 aromatic rings. The second-order valence-electron chi connectivity index (χ2n) is 1.79. The first kappa shape index (κ1) is 11.3. The second kappa shape index (κ2) is 6.95. The van der Waals surface area contributed by atoms with Gasteiger partial charge in [0.15, 0.2) is 0 Å². The largest absolute Gasteiger partial charge is 0.330 e. The van der Waals surface area contributed by atoms with Gasteiger partial charge in [0.1, 0.15) is 4.49 Å². The molecule has 0 spiro atoms. The summed E-state index contributed by atoms with van der Waals surface area (Å²) < 4.78 is 0.0530. The van der Waals surface area contributed by atoms with Crippen molar-refractivity contribution in [1.29, 1.82) is 0 Å². The Hall–Kier alpha value is 0.270. The van der Waals surface area contributed by atoms with Gasteiger partial charge in [0, 0.05) is 18.0 Å². The van der Waals surface area contributed by atoms with Crippen molar-refractivity contribution in [2.45, 2.75) is 12.8 Å². The van der Waals surface area contributed by atoms with Crippen LogP contribution in [0.15, 0.2) is 10.7 Å². The van der Waals surface area contributed by atoms with E-state index in [1.54, 1.807) is 0 Å². The first-order valence-corrected chi connectivity index (χ1v) is 4.91. The highest BCUT2D eigenvalue weighted by atomic mass is 79.9. The van der Waals surface area contributed by atoms with Crippen LogP contribution < -0.4 is 5.32 Å². The number of hydrogen-bond acceptors (Lipinski definition) is 1. The molecular weight excluding hydrogens is 253 g/mol. The zero-order valence-corrected chi connectivity index (χ0v) is 8.84. The molecule has 0 heterocycles. The van der Waals surface area contributed by atoms with E-state index in [4.69, 9.17) is 23.2 Å². The van der Waals surface area contributed by atoms with Gasteiger partial charge in [0.2, 0.25) is 5.91 Å². The summed E-state index contributed by atoms with van der Waals surface area (Å²) in [6.07, 6.45) is 2.54. The average Bonchev–Trinajstić information content (AvgIpc) is 1.97. The van der Waals surface area contributed by atoms with E-state index in [0.29, 0.717) is 6.42 Å². The zero-order valence-electron chi connectivity index (χ0n) is 5.74. The van der Waals surface area contributed by atoms with Gasteiger partial charge in [-0.05, 0) is 6.42 Å². The molecular formula is C6H8BrCl2NO. The van der Waals surface area contributed by atoms with Crippen molar-refractivity contribution >= 4 is 45.0 Å². The van der Waals surface area contributed by atoms with E-state index in [-0.39, 0.29) is 10.4 Å². The monoisotopic (exact) mass is 259 g/mol. The molecule has 1 amide bonds. The average molecular weight is 261 g/mol. The van der Waals surface area contributed by atoms with Gasteiger partial charge in [-0.3, -0.25) is 4.79 Å². The normalized spacial score (nSPS) is 9.00. The molecule has 0 rings (SSSR count). The highest BCUT2D eigenvalue weighted by Crippen LogP contribution is 2.03. The summed E-state index contributed by atoms with van der Waals surface area (Å²) in [5.74, 6) is -0.0803. The topological polar surface area (TPSA) is 29.1 Å². The lowest BCUT2D eigenvalue weighted by atomic mass is 10.3. The standard InChI is InChI=1S/C6H8BrCl2NO/c7-3-1-2-6(11)10-4-5(8)9/h4H,1-3H2,(H,10,11).